The number of carbonyl (C=O) groups is 1. The molecule has 4 nitrogen and oxygen atoms in total. The maximum Gasteiger partial charge on any atom is 0.258 e. The summed E-state index contributed by atoms with van der Waals surface area (Å²) in [5.74, 6) is -0.938. The Morgan fingerprint density at radius 3 is 3.05 bits per heavy atom. The molecule has 1 aliphatic heterocycles. The summed E-state index contributed by atoms with van der Waals surface area (Å²) in [6, 6.07) is 9.05. The zero-order valence-corrected chi connectivity index (χ0v) is 10.7. The lowest BCUT2D eigenvalue weighted by Crippen LogP contribution is -2.28. The van der Waals surface area contributed by atoms with Gasteiger partial charge in [-0.1, -0.05) is 24.3 Å². The van der Waals surface area contributed by atoms with Crippen LogP contribution in [0.4, 0.5) is 10.1 Å². The number of pyridine rings is 1. The number of nitrogens with one attached hydrogen (secondary N) is 1. The molecule has 0 fully saturated rings. The van der Waals surface area contributed by atoms with Gasteiger partial charge in [-0.25, -0.2) is 4.39 Å². The molecule has 5 heteroatoms. The highest BCUT2D eigenvalue weighted by Gasteiger charge is 2.27. The van der Waals surface area contributed by atoms with Crippen LogP contribution in [0.3, 0.4) is 0 Å². The fourth-order valence-corrected chi connectivity index (χ4v) is 2.29. The molecule has 1 aromatic carbocycles. The van der Waals surface area contributed by atoms with Crippen LogP contribution in [0.1, 0.15) is 17.2 Å². The first kappa shape index (κ1) is 12.7. The highest BCUT2D eigenvalue weighted by molar-refractivity contribution is 5.95. The molecule has 102 valence electrons. The van der Waals surface area contributed by atoms with Gasteiger partial charge in [0.25, 0.3) is 5.91 Å². The van der Waals surface area contributed by atoms with E-state index >= 15 is 0 Å². The van der Waals surface area contributed by atoms with E-state index in [9.17, 15) is 9.18 Å². The van der Waals surface area contributed by atoms with Crippen molar-refractivity contribution >= 4 is 11.6 Å². The van der Waals surface area contributed by atoms with Gasteiger partial charge in [0.1, 0.15) is 0 Å². The molecular weight excluding hydrogens is 259 g/mol. The minimum Gasteiger partial charge on any atom is -0.363 e. The van der Waals surface area contributed by atoms with Crippen LogP contribution in [0, 0.1) is 5.82 Å². The van der Waals surface area contributed by atoms with Crippen molar-refractivity contribution in [2.24, 2.45) is 0 Å². The van der Waals surface area contributed by atoms with Gasteiger partial charge in [-0.2, -0.15) is 0 Å². The van der Waals surface area contributed by atoms with Crippen molar-refractivity contribution in [1.82, 2.24) is 4.98 Å². The first-order valence-corrected chi connectivity index (χ1v) is 6.35. The Balaban J connectivity index is 1.84. The number of hydrogen-bond donors (Lipinski definition) is 1. The molecule has 1 aliphatic rings. The van der Waals surface area contributed by atoms with E-state index in [0.29, 0.717) is 6.61 Å². The molecule has 3 rings (SSSR count). The summed E-state index contributed by atoms with van der Waals surface area (Å²) >= 11 is 0. The maximum absolute atomic E-state index is 13.5. The van der Waals surface area contributed by atoms with Gasteiger partial charge in [0.2, 0.25) is 0 Å². The van der Waals surface area contributed by atoms with Crippen LogP contribution in [0.5, 0.6) is 0 Å². The van der Waals surface area contributed by atoms with E-state index < -0.39 is 11.9 Å². The van der Waals surface area contributed by atoms with Crippen LogP contribution in [-0.4, -0.2) is 17.5 Å². The maximum atomic E-state index is 13.5. The quantitative estimate of drug-likeness (QED) is 0.913. The molecule has 20 heavy (non-hydrogen) atoms. The summed E-state index contributed by atoms with van der Waals surface area (Å²) in [4.78, 5) is 15.9. The zero-order valence-electron chi connectivity index (χ0n) is 10.7. The first-order chi connectivity index (χ1) is 9.75. The van der Waals surface area contributed by atoms with E-state index in [-0.39, 0.29) is 11.6 Å². The lowest BCUT2D eigenvalue weighted by Gasteiger charge is -2.25. The number of rotatable bonds is 2. The van der Waals surface area contributed by atoms with Crippen LogP contribution < -0.4 is 5.32 Å². The predicted octanol–water partition coefficient (Wildman–Crippen LogP) is 2.47. The Labute approximate surface area is 115 Å². The van der Waals surface area contributed by atoms with Gasteiger partial charge in [0.05, 0.1) is 18.5 Å². The second kappa shape index (κ2) is 5.38. The fraction of sp³-hybridized carbons (Fsp3) is 0.200. The number of hydrogen-bond acceptors (Lipinski definition) is 3. The molecule has 0 unspecified atom stereocenters. The van der Waals surface area contributed by atoms with Crippen LogP contribution in [-0.2, 0) is 16.0 Å². The molecule has 1 aromatic heterocycles. The number of aromatic nitrogens is 1. The summed E-state index contributed by atoms with van der Waals surface area (Å²) in [5, 5.41) is 2.54. The van der Waals surface area contributed by atoms with E-state index in [1.165, 1.54) is 12.3 Å². The largest absolute Gasteiger partial charge is 0.363 e. The van der Waals surface area contributed by atoms with Crippen LogP contribution in [0.25, 0.3) is 0 Å². The number of carbonyl (C=O) groups excluding carboxylic acids is 1. The average Bonchev–Trinajstić information content (AvgIpc) is 2.49. The van der Waals surface area contributed by atoms with Crippen molar-refractivity contribution in [3.8, 4) is 0 Å². The van der Waals surface area contributed by atoms with Crippen molar-refractivity contribution < 1.29 is 13.9 Å². The van der Waals surface area contributed by atoms with Gasteiger partial charge >= 0.3 is 0 Å². The van der Waals surface area contributed by atoms with E-state index in [1.54, 1.807) is 0 Å². The second-order valence-corrected chi connectivity index (χ2v) is 4.54. The standard InChI is InChI=1S/C15H13FN2O2/c16-12-9-17-7-5-13(12)18-15(19)14-11-4-2-1-3-10(11)6-8-20-14/h1-5,7,9,14H,6,8H2,(H,17,18,19)/t14-/m1/s1. The lowest BCUT2D eigenvalue weighted by atomic mass is 9.97. The summed E-state index contributed by atoms with van der Waals surface area (Å²) in [6.45, 7) is 0.480. The lowest BCUT2D eigenvalue weighted by molar-refractivity contribution is -0.128. The second-order valence-electron chi connectivity index (χ2n) is 4.54. The summed E-state index contributed by atoms with van der Waals surface area (Å²) in [7, 11) is 0. The SMILES string of the molecule is O=C(Nc1ccncc1F)[C@@H]1OCCc2ccccc21. The third kappa shape index (κ3) is 2.40. The molecule has 0 saturated heterocycles. The van der Waals surface area contributed by atoms with Crippen molar-refractivity contribution in [3.05, 3.63) is 59.7 Å². The number of ether oxygens (including phenoxy) is 1. The number of amides is 1. The minimum atomic E-state index is -0.701. The number of halogens is 1. The molecule has 0 radical (unpaired) electrons. The average molecular weight is 272 g/mol. The molecule has 0 saturated carbocycles. The van der Waals surface area contributed by atoms with Crippen LogP contribution >= 0.6 is 0 Å². The van der Waals surface area contributed by atoms with Gasteiger partial charge in [-0.3, -0.25) is 9.78 Å². The van der Waals surface area contributed by atoms with Gasteiger partial charge in [0.15, 0.2) is 11.9 Å². The van der Waals surface area contributed by atoms with E-state index in [2.05, 4.69) is 10.3 Å². The van der Waals surface area contributed by atoms with E-state index in [1.807, 2.05) is 24.3 Å². The van der Waals surface area contributed by atoms with Crippen molar-refractivity contribution in [1.29, 1.82) is 0 Å². The molecule has 0 aliphatic carbocycles. The molecule has 2 aromatic rings. The Kier molecular flexibility index (Phi) is 3.43. The summed E-state index contributed by atoms with van der Waals surface area (Å²) < 4.78 is 19.0. The smallest absolute Gasteiger partial charge is 0.258 e. The summed E-state index contributed by atoms with van der Waals surface area (Å²) in [5.41, 5.74) is 2.04. The van der Waals surface area contributed by atoms with Gasteiger partial charge in [-0.15, -0.1) is 0 Å². The Bertz CT molecular complexity index is 645. The van der Waals surface area contributed by atoms with Gasteiger partial charge in [0, 0.05) is 6.20 Å². The normalized spacial score (nSPS) is 17.4. The van der Waals surface area contributed by atoms with Gasteiger partial charge < -0.3 is 10.1 Å². The third-order valence-electron chi connectivity index (χ3n) is 3.26. The third-order valence-corrected chi connectivity index (χ3v) is 3.26. The molecule has 1 N–H and O–H groups in total. The molecule has 1 amide bonds. The highest BCUT2D eigenvalue weighted by Crippen LogP contribution is 2.28. The predicted molar refractivity (Wildman–Crippen MR) is 71.7 cm³/mol. The monoisotopic (exact) mass is 272 g/mol. The molecule has 2 heterocycles. The number of benzene rings is 1. The molecular formula is C15H13FN2O2. The van der Waals surface area contributed by atoms with E-state index in [0.717, 1.165) is 23.7 Å². The summed E-state index contributed by atoms with van der Waals surface area (Å²) in [6.07, 6.45) is 2.57. The Hall–Kier alpha value is -2.27. The van der Waals surface area contributed by atoms with Gasteiger partial charge in [-0.05, 0) is 23.6 Å². The minimum absolute atomic E-state index is 0.108. The fourth-order valence-electron chi connectivity index (χ4n) is 2.29. The van der Waals surface area contributed by atoms with Crippen molar-refractivity contribution in [2.75, 3.05) is 11.9 Å². The van der Waals surface area contributed by atoms with Crippen molar-refractivity contribution in [2.45, 2.75) is 12.5 Å². The number of anilines is 1. The van der Waals surface area contributed by atoms with E-state index in [4.69, 9.17) is 4.74 Å². The first-order valence-electron chi connectivity index (χ1n) is 6.35. The van der Waals surface area contributed by atoms with Crippen molar-refractivity contribution in [3.63, 3.8) is 0 Å². The number of fused-ring (bicyclic) bond motifs is 1. The Morgan fingerprint density at radius 1 is 1.35 bits per heavy atom. The van der Waals surface area contributed by atoms with Crippen LogP contribution in [0.2, 0.25) is 0 Å². The van der Waals surface area contributed by atoms with Crippen LogP contribution in [0.15, 0.2) is 42.7 Å². The molecule has 0 bridgehead atoms. The number of nitrogens with zero attached hydrogens (tertiary/aromatic N) is 1. The highest BCUT2D eigenvalue weighted by atomic mass is 19.1. The Morgan fingerprint density at radius 2 is 2.20 bits per heavy atom. The molecule has 0 spiro atoms. The topological polar surface area (TPSA) is 51.2 Å². The zero-order chi connectivity index (χ0) is 13.9. The molecule has 1 atom stereocenters.